The largest absolute Gasteiger partial charge is 0.396 e. The van der Waals surface area contributed by atoms with Crippen molar-refractivity contribution < 1.29 is 5.11 Å². The second kappa shape index (κ2) is 6.02. The minimum absolute atomic E-state index is 0.164. The molecule has 0 fully saturated rings. The molecule has 0 amide bonds. The van der Waals surface area contributed by atoms with Gasteiger partial charge in [0, 0.05) is 12.4 Å². The van der Waals surface area contributed by atoms with Crippen LogP contribution in [0.2, 0.25) is 5.02 Å². The van der Waals surface area contributed by atoms with E-state index in [1.165, 1.54) is 18.0 Å². The van der Waals surface area contributed by atoms with Crippen molar-refractivity contribution in [1.29, 1.82) is 0 Å². The molecule has 0 radical (unpaired) electrons. The lowest BCUT2D eigenvalue weighted by atomic mass is 10.5. The Labute approximate surface area is 91.0 Å². The summed E-state index contributed by atoms with van der Waals surface area (Å²) in [6.07, 6.45) is 2.20. The fourth-order valence-corrected chi connectivity index (χ4v) is 1.82. The number of rotatable bonds is 5. The molecule has 1 heterocycles. The Bertz CT molecular complexity index is 299. The maximum atomic E-state index is 8.60. The number of nitrogen functional groups attached to an aromatic ring is 1. The molecule has 0 saturated heterocycles. The predicted molar refractivity (Wildman–Crippen MR) is 57.3 cm³/mol. The lowest BCUT2D eigenvalue weighted by molar-refractivity contribution is 0.296. The normalized spacial score (nSPS) is 10.2. The molecule has 0 spiro atoms. The fraction of sp³-hybridized carbons (Fsp3) is 0.429. The van der Waals surface area contributed by atoms with E-state index in [4.69, 9.17) is 22.6 Å². The molecule has 78 valence electrons. The number of hydrazine groups is 1. The number of aliphatic hydroxyl groups is 1. The average molecular weight is 235 g/mol. The quantitative estimate of drug-likeness (QED) is 0.231. The van der Waals surface area contributed by atoms with Crippen LogP contribution in [0, 0.1) is 0 Å². The molecule has 1 rings (SSSR count). The van der Waals surface area contributed by atoms with Gasteiger partial charge in [0.1, 0.15) is 5.03 Å². The van der Waals surface area contributed by atoms with Crippen molar-refractivity contribution in [3.05, 3.63) is 11.2 Å². The summed E-state index contributed by atoms with van der Waals surface area (Å²) in [5.41, 5.74) is 2.34. The van der Waals surface area contributed by atoms with Crippen molar-refractivity contribution in [2.75, 3.05) is 17.8 Å². The summed E-state index contributed by atoms with van der Waals surface area (Å²) in [6, 6.07) is 0. The number of aliphatic hydroxyl groups excluding tert-OH is 1. The molecular weight excluding hydrogens is 224 g/mol. The van der Waals surface area contributed by atoms with E-state index in [2.05, 4.69) is 15.4 Å². The molecule has 1 aromatic rings. The zero-order valence-electron chi connectivity index (χ0n) is 7.40. The van der Waals surface area contributed by atoms with Gasteiger partial charge in [-0.15, -0.1) is 11.8 Å². The molecule has 0 aromatic carbocycles. The molecule has 0 aliphatic carbocycles. The lowest BCUT2D eigenvalue weighted by Crippen LogP contribution is -2.10. The summed E-state index contributed by atoms with van der Waals surface area (Å²) in [6.45, 7) is 0.164. The molecule has 7 heteroatoms. The van der Waals surface area contributed by atoms with Crippen molar-refractivity contribution in [2.45, 2.75) is 11.4 Å². The van der Waals surface area contributed by atoms with E-state index in [0.29, 0.717) is 22.4 Å². The number of aromatic nitrogens is 2. The molecule has 0 atom stereocenters. The summed E-state index contributed by atoms with van der Waals surface area (Å²) in [4.78, 5) is 7.91. The highest BCUT2D eigenvalue weighted by molar-refractivity contribution is 7.99. The second-order valence-corrected chi connectivity index (χ2v) is 3.91. The molecule has 0 aliphatic rings. The van der Waals surface area contributed by atoms with E-state index >= 15 is 0 Å². The van der Waals surface area contributed by atoms with Crippen LogP contribution in [0.5, 0.6) is 0 Å². The van der Waals surface area contributed by atoms with E-state index in [1.807, 2.05) is 0 Å². The summed E-state index contributed by atoms with van der Waals surface area (Å²) in [5.74, 6) is 6.25. The molecule has 4 N–H and O–H groups in total. The third-order valence-electron chi connectivity index (χ3n) is 1.38. The molecule has 5 nitrogen and oxygen atoms in total. The van der Waals surface area contributed by atoms with Crippen LogP contribution in [0.15, 0.2) is 11.2 Å². The summed E-state index contributed by atoms with van der Waals surface area (Å²) in [7, 11) is 0. The van der Waals surface area contributed by atoms with E-state index in [-0.39, 0.29) is 6.61 Å². The number of hydrogen-bond donors (Lipinski definition) is 3. The Morgan fingerprint density at radius 2 is 2.43 bits per heavy atom. The van der Waals surface area contributed by atoms with Gasteiger partial charge in [-0.3, -0.25) is 5.43 Å². The summed E-state index contributed by atoms with van der Waals surface area (Å²) >= 11 is 7.32. The van der Waals surface area contributed by atoms with Crippen LogP contribution in [0.4, 0.5) is 5.95 Å². The van der Waals surface area contributed by atoms with Crippen molar-refractivity contribution in [1.82, 2.24) is 9.97 Å². The number of halogens is 1. The van der Waals surface area contributed by atoms with Gasteiger partial charge in [-0.05, 0) is 6.42 Å². The Hall–Kier alpha value is -0.560. The monoisotopic (exact) mass is 234 g/mol. The second-order valence-electron chi connectivity index (χ2n) is 2.42. The highest BCUT2D eigenvalue weighted by atomic mass is 35.5. The van der Waals surface area contributed by atoms with Gasteiger partial charge in [0.15, 0.2) is 0 Å². The van der Waals surface area contributed by atoms with Gasteiger partial charge in [0.25, 0.3) is 0 Å². The number of nitrogens with one attached hydrogen (secondary N) is 1. The van der Waals surface area contributed by atoms with Crippen LogP contribution < -0.4 is 11.3 Å². The van der Waals surface area contributed by atoms with Gasteiger partial charge in [0.05, 0.1) is 11.2 Å². The Balaban J connectivity index is 2.64. The van der Waals surface area contributed by atoms with Crippen LogP contribution in [0.1, 0.15) is 6.42 Å². The van der Waals surface area contributed by atoms with Crippen LogP contribution in [-0.2, 0) is 0 Å². The number of nitrogens with zero attached hydrogens (tertiary/aromatic N) is 2. The molecular formula is C7H11ClN4OS. The van der Waals surface area contributed by atoms with E-state index in [0.717, 1.165) is 5.75 Å². The van der Waals surface area contributed by atoms with Gasteiger partial charge in [0.2, 0.25) is 5.95 Å². The van der Waals surface area contributed by atoms with E-state index in [1.54, 1.807) is 0 Å². The molecule has 0 unspecified atom stereocenters. The number of anilines is 1. The number of nitrogens with two attached hydrogens (primary N) is 1. The van der Waals surface area contributed by atoms with Crippen LogP contribution >= 0.6 is 23.4 Å². The van der Waals surface area contributed by atoms with Gasteiger partial charge in [-0.25, -0.2) is 15.8 Å². The predicted octanol–water partition coefficient (Wildman–Crippen LogP) is 0.890. The lowest BCUT2D eigenvalue weighted by Gasteiger charge is -2.03. The maximum absolute atomic E-state index is 8.60. The SMILES string of the molecule is NNc1ncc(Cl)c(SCCCO)n1. The fourth-order valence-electron chi connectivity index (χ4n) is 0.756. The minimum atomic E-state index is 0.164. The zero-order chi connectivity index (χ0) is 10.4. The molecule has 1 aromatic heterocycles. The van der Waals surface area contributed by atoms with Crippen LogP contribution in [0.3, 0.4) is 0 Å². The first-order valence-electron chi connectivity index (χ1n) is 4.00. The summed E-state index contributed by atoms with van der Waals surface area (Å²) < 4.78 is 0. The smallest absolute Gasteiger partial charge is 0.238 e. The van der Waals surface area contributed by atoms with Crippen LogP contribution in [0.25, 0.3) is 0 Å². The number of thioether (sulfide) groups is 1. The van der Waals surface area contributed by atoms with Crippen molar-refractivity contribution in [3.8, 4) is 0 Å². The summed E-state index contributed by atoms with van der Waals surface area (Å²) in [5, 5.41) is 9.76. The van der Waals surface area contributed by atoms with Crippen molar-refractivity contribution in [3.63, 3.8) is 0 Å². The molecule has 0 bridgehead atoms. The Kier molecular flexibility index (Phi) is 4.95. The van der Waals surface area contributed by atoms with Gasteiger partial charge >= 0.3 is 0 Å². The van der Waals surface area contributed by atoms with E-state index < -0.39 is 0 Å². The first kappa shape index (κ1) is 11.5. The van der Waals surface area contributed by atoms with Gasteiger partial charge in [-0.2, -0.15) is 0 Å². The van der Waals surface area contributed by atoms with Gasteiger partial charge in [-0.1, -0.05) is 11.6 Å². The van der Waals surface area contributed by atoms with E-state index in [9.17, 15) is 0 Å². The average Bonchev–Trinajstić information content (AvgIpc) is 2.21. The third-order valence-corrected chi connectivity index (χ3v) is 2.85. The van der Waals surface area contributed by atoms with Gasteiger partial charge < -0.3 is 5.11 Å². The maximum Gasteiger partial charge on any atom is 0.238 e. The first-order valence-corrected chi connectivity index (χ1v) is 5.37. The first-order chi connectivity index (χ1) is 6.77. The topological polar surface area (TPSA) is 84.1 Å². The standard InChI is InChI=1S/C7H11ClN4OS/c8-5-4-10-7(12-9)11-6(5)14-3-1-2-13/h4,13H,1-3,9H2,(H,10,11,12). The number of hydrogen-bond acceptors (Lipinski definition) is 6. The Morgan fingerprint density at radius 3 is 3.07 bits per heavy atom. The molecule has 0 saturated carbocycles. The van der Waals surface area contributed by atoms with Crippen molar-refractivity contribution in [2.24, 2.45) is 5.84 Å². The third kappa shape index (κ3) is 3.30. The molecule has 0 aliphatic heterocycles. The molecule has 14 heavy (non-hydrogen) atoms. The highest BCUT2D eigenvalue weighted by Crippen LogP contribution is 2.25. The Morgan fingerprint density at radius 1 is 1.64 bits per heavy atom. The highest BCUT2D eigenvalue weighted by Gasteiger charge is 2.04. The van der Waals surface area contributed by atoms with Crippen molar-refractivity contribution >= 4 is 29.3 Å². The zero-order valence-corrected chi connectivity index (χ0v) is 8.98. The minimum Gasteiger partial charge on any atom is -0.396 e. The van der Waals surface area contributed by atoms with Crippen LogP contribution in [-0.4, -0.2) is 27.4 Å².